The van der Waals surface area contributed by atoms with Gasteiger partial charge in [0.25, 0.3) is 0 Å². The fourth-order valence-corrected chi connectivity index (χ4v) is 1.97. The topological polar surface area (TPSA) is 0 Å². The number of hydrogen-bond acceptors (Lipinski definition) is 0. The molecule has 0 aliphatic carbocycles. The third kappa shape index (κ3) is 15.6. The molecule has 0 fully saturated rings. The minimum absolute atomic E-state index is 1.11. The molecular weight excluding hydrogens is 204 g/mol. The van der Waals surface area contributed by atoms with Crippen LogP contribution in [-0.4, -0.2) is 0 Å². The average molecular weight is 236 g/mol. The second kappa shape index (κ2) is 15.6. The van der Waals surface area contributed by atoms with Crippen LogP contribution in [0, 0.1) is 11.8 Å². The standard InChI is InChI=1S/C17H32/c1-3-5-7-9-11-13-15-17-16-14-12-10-8-6-4-2/h3-9,11,13-17H2,1-2H3. The molecule has 0 spiro atoms. The molecule has 0 atom stereocenters. The van der Waals surface area contributed by atoms with Gasteiger partial charge in [0, 0.05) is 12.8 Å². The first-order chi connectivity index (χ1) is 8.41. The van der Waals surface area contributed by atoms with E-state index in [9.17, 15) is 0 Å². The Morgan fingerprint density at radius 3 is 1.41 bits per heavy atom. The predicted molar refractivity (Wildman–Crippen MR) is 79.1 cm³/mol. The highest BCUT2D eigenvalue weighted by Gasteiger charge is 1.90. The van der Waals surface area contributed by atoms with E-state index in [1.54, 1.807) is 0 Å². The Balaban J connectivity index is 2.99. The van der Waals surface area contributed by atoms with Crippen molar-refractivity contribution in [1.82, 2.24) is 0 Å². The third-order valence-electron chi connectivity index (χ3n) is 3.19. The van der Waals surface area contributed by atoms with E-state index in [0.29, 0.717) is 0 Å². The normalized spacial score (nSPS) is 10.0. The van der Waals surface area contributed by atoms with E-state index >= 15 is 0 Å². The molecule has 0 aliphatic heterocycles. The van der Waals surface area contributed by atoms with E-state index in [1.165, 1.54) is 70.6 Å². The Morgan fingerprint density at radius 2 is 0.882 bits per heavy atom. The van der Waals surface area contributed by atoms with Crippen LogP contribution in [0.2, 0.25) is 0 Å². The molecule has 0 saturated carbocycles. The van der Waals surface area contributed by atoms with Gasteiger partial charge in [-0.15, -0.1) is 11.8 Å². The predicted octanol–water partition coefficient (Wildman–Crippen LogP) is 6.10. The van der Waals surface area contributed by atoms with Crippen molar-refractivity contribution in [1.29, 1.82) is 0 Å². The Kier molecular flexibility index (Phi) is 15.2. The van der Waals surface area contributed by atoms with E-state index in [4.69, 9.17) is 0 Å². The minimum Gasteiger partial charge on any atom is -0.103 e. The Hall–Kier alpha value is -0.440. The molecule has 0 saturated heterocycles. The van der Waals surface area contributed by atoms with Gasteiger partial charge in [0.05, 0.1) is 0 Å². The molecule has 0 heteroatoms. The van der Waals surface area contributed by atoms with Gasteiger partial charge in [-0.25, -0.2) is 0 Å². The van der Waals surface area contributed by atoms with Gasteiger partial charge in [0.15, 0.2) is 0 Å². The van der Waals surface area contributed by atoms with Gasteiger partial charge >= 0.3 is 0 Å². The van der Waals surface area contributed by atoms with Crippen molar-refractivity contribution >= 4 is 0 Å². The highest BCUT2D eigenvalue weighted by molar-refractivity contribution is 4.98. The van der Waals surface area contributed by atoms with Crippen LogP contribution in [0.3, 0.4) is 0 Å². The summed E-state index contributed by atoms with van der Waals surface area (Å²) < 4.78 is 0. The van der Waals surface area contributed by atoms with Gasteiger partial charge in [0.1, 0.15) is 0 Å². The zero-order valence-electron chi connectivity index (χ0n) is 12.2. The van der Waals surface area contributed by atoms with Crippen LogP contribution in [0.4, 0.5) is 0 Å². The summed E-state index contributed by atoms with van der Waals surface area (Å²) in [5, 5.41) is 0. The quantitative estimate of drug-likeness (QED) is 0.300. The van der Waals surface area contributed by atoms with Gasteiger partial charge in [-0.05, 0) is 12.8 Å². The van der Waals surface area contributed by atoms with Crippen molar-refractivity contribution in [2.24, 2.45) is 0 Å². The maximum Gasteiger partial charge on any atom is 0.00886 e. The van der Waals surface area contributed by atoms with Gasteiger partial charge in [-0.3, -0.25) is 0 Å². The van der Waals surface area contributed by atoms with Crippen molar-refractivity contribution in [2.75, 3.05) is 0 Å². The van der Waals surface area contributed by atoms with Crippen molar-refractivity contribution in [3.8, 4) is 11.8 Å². The highest BCUT2D eigenvalue weighted by atomic mass is 14.0. The summed E-state index contributed by atoms with van der Waals surface area (Å²) in [6, 6.07) is 0. The van der Waals surface area contributed by atoms with Crippen LogP contribution < -0.4 is 0 Å². The molecule has 0 amide bonds. The SMILES string of the molecule is CCCCC#CCCCCCCCCCCC. The maximum absolute atomic E-state index is 3.29. The summed E-state index contributed by atoms with van der Waals surface area (Å²) >= 11 is 0. The van der Waals surface area contributed by atoms with Gasteiger partial charge in [0.2, 0.25) is 0 Å². The molecule has 0 aromatic carbocycles. The minimum atomic E-state index is 1.11. The highest BCUT2D eigenvalue weighted by Crippen LogP contribution is 2.10. The average Bonchev–Trinajstić information content (AvgIpc) is 2.35. The number of unbranched alkanes of at least 4 members (excludes halogenated alkanes) is 11. The Bertz CT molecular complexity index is 182. The second-order valence-corrected chi connectivity index (χ2v) is 5.04. The lowest BCUT2D eigenvalue weighted by Gasteiger charge is -2.00. The summed E-state index contributed by atoms with van der Waals surface area (Å²) in [7, 11) is 0. The van der Waals surface area contributed by atoms with Crippen LogP contribution in [0.15, 0.2) is 0 Å². The van der Waals surface area contributed by atoms with Gasteiger partial charge in [-0.1, -0.05) is 71.6 Å². The van der Waals surface area contributed by atoms with Crippen molar-refractivity contribution in [3.63, 3.8) is 0 Å². The summed E-state index contributed by atoms with van der Waals surface area (Å²) in [6.07, 6.45) is 17.4. The van der Waals surface area contributed by atoms with Crippen LogP contribution in [0.25, 0.3) is 0 Å². The second-order valence-electron chi connectivity index (χ2n) is 5.04. The van der Waals surface area contributed by atoms with E-state index < -0.39 is 0 Å². The fourth-order valence-electron chi connectivity index (χ4n) is 1.97. The first-order valence-electron chi connectivity index (χ1n) is 7.87. The molecule has 0 nitrogen and oxygen atoms in total. The van der Waals surface area contributed by atoms with Gasteiger partial charge < -0.3 is 0 Å². The smallest absolute Gasteiger partial charge is 0.00886 e. The van der Waals surface area contributed by atoms with Crippen molar-refractivity contribution in [2.45, 2.75) is 97.3 Å². The molecular formula is C17H32. The lowest BCUT2D eigenvalue weighted by molar-refractivity contribution is 0.567. The van der Waals surface area contributed by atoms with Crippen LogP contribution in [0.1, 0.15) is 97.3 Å². The lowest BCUT2D eigenvalue weighted by atomic mass is 10.1. The van der Waals surface area contributed by atoms with Crippen LogP contribution in [-0.2, 0) is 0 Å². The Labute approximate surface area is 110 Å². The number of rotatable bonds is 11. The van der Waals surface area contributed by atoms with Crippen LogP contribution >= 0.6 is 0 Å². The molecule has 0 heterocycles. The van der Waals surface area contributed by atoms with E-state index in [-0.39, 0.29) is 0 Å². The van der Waals surface area contributed by atoms with Crippen molar-refractivity contribution in [3.05, 3.63) is 0 Å². The lowest BCUT2D eigenvalue weighted by Crippen LogP contribution is -1.80. The van der Waals surface area contributed by atoms with Crippen molar-refractivity contribution < 1.29 is 0 Å². The zero-order valence-corrected chi connectivity index (χ0v) is 12.2. The first kappa shape index (κ1) is 16.6. The molecule has 0 aromatic heterocycles. The molecule has 0 aliphatic rings. The molecule has 0 N–H and O–H groups in total. The summed E-state index contributed by atoms with van der Waals surface area (Å²) in [4.78, 5) is 0. The summed E-state index contributed by atoms with van der Waals surface area (Å²) in [5.41, 5.74) is 0. The van der Waals surface area contributed by atoms with E-state index in [1.807, 2.05) is 0 Å². The van der Waals surface area contributed by atoms with E-state index in [0.717, 1.165) is 12.8 Å². The molecule has 0 aromatic rings. The maximum atomic E-state index is 3.29. The molecule has 0 radical (unpaired) electrons. The third-order valence-corrected chi connectivity index (χ3v) is 3.19. The zero-order chi connectivity index (χ0) is 12.6. The summed E-state index contributed by atoms with van der Waals surface area (Å²) in [6.45, 7) is 4.50. The Morgan fingerprint density at radius 1 is 0.471 bits per heavy atom. The molecule has 17 heavy (non-hydrogen) atoms. The molecule has 100 valence electrons. The van der Waals surface area contributed by atoms with Crippen LogP contribution in [0.5, 0.6) is 0 Å². The molecule has 0 bridgehead atoms. The number of hydrogen-bond donors (Lipinski definition) is 0. The first-order valence-corrected chi connectivity index (χ1v) is 7.87. The molecule has 0 rings (SSSR count). The van der Waals surface area contributed by atoms with Gasteiger partial charge in [-0.2, -0.15) is 0 Å². The summed E-state index contributed by atoms with van der Waals surface area (Å²) in [5.74, 6) is 6.55. The molecule has 0 unspecified atom stereocenters. The monoisotopic (exact) mass is 236 g/mol. The van der Waals surface area contributed by atoms with E-state index in [2.05, 4.69) is 25.7 Å². The largest absolute Gasteiger partial charge is 0.103 e. The fraction of sp³-hybridized carbons (Fsp3) is 0.882.